The van der Waals surface area contributed by atoms with Crippen molar-refractivity contribution in [2.45, 2.75) is 38.1 Å². The van der Waals surface area contributed by atoms with E-state index in [0.717, 1.165) is 12.0 Å². The third-order valence-corrected chi connectivity index (χ3v) is 3.39. The van der Waals surface area contributed by atoms with E-state index in [4.69, 9.17) is 15.2 Å². The predicted molar refractivity (Wildman–Crippen MR) is 72.9 cm³/mol. The van der Waals surface area contributed by atoms with E-state index in [1.165, 1.54) is 0 Å². The first-order valence-electron chi connectivity index (χ1n) is 6.66. The van der Waals surface area contributed by atoms with Crippen LogP contribution in [-0.4, -0.2) is 25.4 Å². The molecule has 1 aliphatic heterocycles. The van der Waals surface area contributed by atoms with Crippen LogP contribution in [0.15, 0.2) is 18.2 Å². The monoisotopic (exact) mass is 267 g/mol. The minimum Gasteiger partial charge on any atom is -0.491 e. The summed E-state index contributed by atoms with van der Waals surface area (Å²) in [6.07, 6.45) is 0.771. The highest BCUT2D eigenvalue weighted by atomic mass is 19.1. The van der Waals surface area contributed by atoms with Gasteiger partial charge in [-0.3, -0.25) is 0 Å². The zero-order valence-electron chi connectivity index (χ0n) is 11.8. The molecule has 0 atom stereocenters. The second kappa shape index (κ2) is 5.10. The van der Waals surface area contributed by atoms with Crippen LogP contribution in [0, 0.1) is 5.82 Å². The van der Waals surface area contributed by atoms with E-state index in [1.54, 1.807) is 12.1 Å². The molecule has 3 nitrogen and oxygen atoms in total. The molecule has 19 heavy (non-hydrogen) atoms. The van der Waals surface area contributed by atoms with Gasteiger partial charge in [0.25, 0.3) is 0 Å². The number of hydrogen-bond acceptors (Lipinski definition) is 3. The maximum absolute atomic E-state index is 14.0. The number of nitrogens with two attached hydrogens (primary N) is 1. The van der Waals surface area contributed by atoms with Crippen molar-refractivity contribution >= 4 is 0 Å². The van der Waals surface area contributed by atoms with Crippen molar-refractivity contribution in [3.63, 3.8) is 0 Å². The Balaban J connectivity index is 2.26. The molecule has 1 aromatic carbocycles. The van der Waals surface area contributed by atoms with Crippen LogP contribution in [0.5, 0.6) is 5.75 Å². The molecule has 0 aromatic heterocycles. The lowest BCUT2D eigenvalue weighted by molar-refractivity contribution is -0.0720. The smallest absolute Gasteiger partial charge is 0.165 e. The van der Waals surface area contributed by atoms with Gasteiger partial charge in [0.05, 0.1) is 19.8 Å². The average molecular weight is 267 g/mol. The van der Waals surface area contributed by atoms with Crippen molar-refractivity contribution < 1.29 is 13.9 Å². The highest BCUT2D eigenvalue weighted by Crippen LogP contribution is 2.40. The largest absolute Gasteiger partial charge is 0.491 e. The van der Waals surface area contributed by atoms with E-state index in [0.29, 0.717) is 25.6 Å². The van der Waals surface area contributed by atoms with Crippen LogP contribution in [0.2, 0.25) is 0 Å². The van der Waals surface area contributed by atoms with Crippen molar-refractivity contribution in [2.75, 3.05) is 19.8 Å². The summed E-state index contributed by atoms with van der Waals surface area (Å²) in [6, 6.07) is 5.17. The van der Waals surface area contributed by atoms with Crippen molar-refractivity contribution in [1.29, 1.82) is 0 Å². The summed E-state index contributed by atoms with van der Waals surface area (Å²) in [5, 5.41) is 0. The molecule has 0 unspecified atom stereocenters. The van der Waals surface area contributed by atoms with Gasteiger partial charge in [0.1, 0.15) is 0 Å². The van der Waals surface area contributed by atoms with Crippen molar-refractivity contribution in [3.8, 4) is 5.75 Å². The Hall–Kier alpha value is -1.13. The second-order valence-corrected chi connectivity index (χ2v) is 6.02. The Labute approximate surface area is 113 Å². The van der Waals surface area contributed by atoms with Crippen LogP contribution in [0.25, 0.3) is 0 Å². The van der Waals surface area contributed by atoms with Crippen LogP contribution >= 0.6 is 0 Å². The fraction of sp³-hybridized carbons (Fsp3) is 0.600. The van der Waals surface area contributed by atoms with Crippen molar-refractivity contribution in [2.24, 2.45) is 5.73 Å². The maximum atomic E-state index is 14.0. The maximum Gasteiger partial charge on any atom is 0.165 e. The first-order valence-corrected chi connectivity index (χ1v) is 6.66. The van der Waals surface area contributed by atoms with Gasteiger partial charge in [-0.25, -0.2) is 4.39 Å². The summed E-state index contributed by atoms with van der Waals surface area (Å²) >= 11 is 0. The summed E-state index contributed by atoms with van der Waals surface area (Å²) in [5.41, 5.74) is 6.58. The Morgan fingerprint density at radius 3 is 2.53 bits per heavy atom. The Bertz CT molecular complexity index is 450. The second-order valence-electron chi connectivity index (χ2n) is 6.02. The van der Waals surface area contributed by atoms with E-state index in [9.17, 15) is 4.39 Å². The van der Waals surface area contributed by atoms with E-state index >= 15 is 0 Å². The highest BCUT2D eigenvalue weighted by molar-refractivity contribution is 5.36. The van der Waals surface area contributed by atoms with Crippen LogP contribution in [0.4, 0.5) is 4.39 Å². The zero-order valence-corrected chi connectivity index (χ0v) is 11.8. The fourth-order valence-corrected chi connectivity index (χ4v) is 2.69. The van der Waals surface area contributed by atoms with Crippen molar-refractivity contribution in [3.05, 3.63) is 29.6 Å². The Morgan fingerprint density at radius 2 is 2.11 bits per heavy atom. The Morgan fingerprint density at radius 1 is 1.42 bits per heavy atom. The van der Waals surface area contributed by atoms with Gasteiger partial charge in [-0.2, -0.15) is 0 Å². The van der Waals surface area contributed by atoms with Gasteiger partial charge in [0.2, 0.25) is 0 Å². The summed E-state index contributed by atoms with van der Waals surface area (Å²) in [5.74, 6) is -0.0193. The molecule has 4 heteroatoms. The molecule has 0 bridgehead atoms. The minimum absolute atomic E-state index is 0.163. The van der Waals surface area contributed by atoms with Crippen LogP contribution in [0.3, 0.4) is 0 Å². The summed E-state index contributed by atoms with van der Waals surface area (Å²) in [6.45, 7) is 7.46. The van der Waals surface area contributed by atoms with Gasteiger partial charge in [-0.15, -0.1) is 0 Å². The van der Waals surface area contributed by atoms with E-state index in [1.807, 2.05) is 26.8 Å². The molecule has 1 heterocycles. The number of halogens is 1. The van der Waals surface area contributed by atoms with Gasteiger partial charge in [0.15, 0.2) is 11.6 Å². The quantitative estimate of drug-likeness (QED) is 0.892. The van der Waals surface area contributed by atoms with Gasteiger partial charge in [-0.1, -0.05) is 6.07 Å². The highest BCUT2D eigenvalue weighted by Gasteiger charge is 2.43. The molecule has 1 aliphatic rings. The van der Waals surface area contributed by atoms with E-state index < -0.39 is 0 Å². The third-order valence-electron chi connectivity index (χ3n) is 3.39. The topological polar surface area (TPSA) is 44.5 Å². The number of ether oxygens (including phenoxy) is 2. The van der Waals surface area contributed by atoms with Crippen molar-refractivity contribution in [1.82, 2.24) is 0 Å². The minimum atomic E-state index is -0.319. The molecule has 0 radical (unpaired) electrons. The molecule has 0 saturated carbocycles. The van der Waals surface area contributed by atoms with E-state index in [-0.39, 0.29) is 16.8 Å². The lowest BCUT2D eigenvalue weighted by Crippen LogP contribution is -2.53. The lowest BCUT2D eigenvalue weighted by Gasteiger charge is -2.45. The number of benzene rings is 1. The molecule has 1 fully saturated rings. The summed E-state index contributed by atoms with van der Waals surface area (Å²) < 4.78 is 24.5. The average Bonchev–Trinajstić information content (AvgIpc) is 2.25. The Kier molecular flexibility index (Phi) is 3.83. The number of rotatable bonds is 5. The molecule has 0 aliphatic carbocycles. The fourth-order valence-electron chi connectivity index (χ4n) is 2.69. The SMILES string of the molecule is CCOc1ccc(C2(CC(C)(C)N)COC2)cc1F. The summed E-state index contributed by atoms with van der Waals surface area (Å²) in [7, 11) is 0. The van der Waals surface area contributed by atoms with Gasteiger partial charge >= 0.3 is 0 Å². The van der Waals surface area contributed by atoms with Crippen LogP contribution in [-0.2, 0) is 10.2 Å². The van der Waals surface area contributed by atoms with E-state index in [2.05, 4.69) is 0 Å². The number of hydrogen-bond donors (Lipinski definition) is 1. The molecule has 1 aromatic rings. The molecular formula is C15H22FNO2. The molecule has 0 spiro atoms. The third kappa shape index (κ3) is 3.07. The molecule has 1 saturated heterocycles. The molecular weight excluding hydrogens is 245 g/mol. The molecule has 2 N–H and O–H groups in total. The van der Waals surface area contributed by atoms with Crippen LogP contribution in [0.1, 0.15) is 32.8 Å². The first-order chi connectivity index (χ1) is 8.86. The standard InChI is InChI=1S/C15H22FNO2/c1-4-19-13-6-5-11(7-12(13)16)15(9-18-10-15)8-14(2,3)17/h5-7H,4,8-10,17H2,1-3H3. The van der Waals surface area contributed by atoms with Crippen LogP contribution < -0.4 is 10.5 Å². The summed E-state index contributed by atoms with van der Waals surface area (Å²) in [4.78, 5) is 0. The van der Waals surface area contributed by atoms with Gasteiger partial charge in [0, 0.05) is 11.0 Å². The molecule has 0 amide bonds. The van der Waals surface area contributed by atoms with Gasteiger partial charge in [-0.05, 0) is 44.9 Å². The normalized spacial score (nSPS) is 17.9. The molecule has 2 rings (SSSR count). The molecule has 106 valence electrons. The first kappa shape index (κ1) is 14.3. The van der Waals surface area contributed by atoms with Gasteiger partial charge < -0.3 is 15.2 Å². The zero-order chi connectivity index (χ0) is 14.1. The lowest BCUT2D eigenvalue weighted by atomic mass is 9.71. The predicted octanol–water partition coefficient (Wildman–Crippen LogP) is 2.62.